The number of benzene rings is 2. The Morgan fingerprint density at radius 2 is 0.930 bits per heavy atom. The van der Waals surface area contributed by atoms with Gasteiger partial charge >= 0.3 is 29.0 Å². The van der Waals surface area contributed by atoms with Gasteiger partial charge in [0.1, 0.15) is 0 Å². The maximum absolute atomic E-state index is 12.4. The van der Waals surface area contributed by atoms with E-state index >= 15 is 0 Å². The predicted octanol–water partition coefficient (Wildman–Crippen LogP) is 8.13. The molecule has 0 aliphatic rings. The van der Waals surface area contributed by atoms with Crippen molar-refractivity contribution < 1.29 is 33.8 Å². The number of carbonyl (C=O) groups is 2. The van der Waals surface area contributed by atoms with Crippen LogP contribution in [0.4, 0.5) is 17.1 Å². The molecule has 0 aromatic heterocycles. The van der Waals surface area contributed by atoms with Crippen molar-refractivity contribution in [2.75, 3.05) is 13.2 Å². The highest BCUT2D eigenvalue weighted by Crippen LogP contribution is 2.35. The van der Waals surface area contributed by atoms with Gasteiger partial charge in [0.2, 0.25) is 0 Å². The summed E-state index contributed by atoms with van der Waals surface area (Å²) in [6, 6.07) is 9.44. The molecular formula is C30H41N3O10. The number of esters is 2. The molecule has 0 fully saturated rings. The summed E-state index contributed by atoms with van der Waals surface area (Å²) >= 11 is 0. The first-order chi connectivity index (χ1) is 20.6. The van der Waals surface area contributed by atoms with Crippen LogP contribution in [-0.2, 0) is 9.47 Å². The maximum Gasteiger partial charge on any atom is 0.422 e. The Labute approximate surface area is 251 Å². The first kappa shape index (κ1) is 36.6. The average Bonchev–Trinajstić information content (AvgIpc) is 2.99. The summed E-state index contributed by atoms with van der Waals surface area (Å²) in [5.41, 5.74) is -2.31. The second-order valence-electron chi connectivity index (χ2n) is 9.77. The monoisotopic (exact) mass is 603 g/mol. The zero-order valence-electron chi connectivity index (χ0n) is 24.9. The first-order valence-corrected chi connectivity index (χ1v) is 14.6. The Morgan fingerprint density at radius 3 is 1.28 bits per heavy atom. The van der Waals surface area contributed by atoms with Crippen molar-refractivity contribution in [2.24, 2.45) is 0 Å². The minimum atomic E-state index is -1.14. The number of para-hydroxylation sites is 1. The number of hydrogen-bond acceptors (Lipinski definition) is 10. The van der Waals surface area contributed by atoms with Crippen LogP contribution in [0.1, 0.15) is 112 Å². The van der Waals surface area contributed by atoms with Crippen LogP contribution in [0, 0.1) is 30.3 Å². The van der Waals surface area contributed by atoms with Crippen LogP contribution in [0.2, 0.25) is 0 Å². The van der Waals surface area contributed by atoms with Gasteiger partial charge in [0.25, 0.3) is 0 Å². The SMILES string of the molecule is CCCCCCCCOC(=O)c1ccccc1C(=O)OCCCCCCCC.O=[N+]([O-])c1cccc([N+](=O)[O-])c1[N+](=O)[O-]. The fourth-order valence-corrected chi connectivity index (χ4v) is 4.09. The van der Waals surface area contributed by atoms with E-state index in [9.17, 15) is 39.9 Å². The van der Waals surface area contributed by atoms with Gasteiger partial charge in [-0.05, 0) is 31.0 Å². The molecule has 2 rings (SSSR count). The van der Waals surface area contributed by atoms with E-state index in [-0.39, 0.29) is 0 Å². The van der Waals surface area contributed by atoms with Crippen molar-refractivity contribution in [3.8, 4) is 0 Å². The van der Waals surface area contributed by atoms with Crippen molar-refractivity contribution in [1.29, 1.82) is 0 Å². The summed E-state index contributed by atoms with van der Waals surface area (Å²) in [7, 11) is 0. The van der Waals surface area contributed by atoms with Crippen LogP contribution in [-0.4, -0.2) is 39.9 Å². The largest absolute Gasteiger partial charge is 0.462 e. The van der Waals surface area contributed by atoms with Crippen LogP contribution >= 0.6 is 0 Å². The molecule has 0 saturated heterocycles. The number of nitro groups is 3. The third kappa shape index (κ3) is 13.9. The van der Waals surface area contributed by atoms with Gasteiger partial charge in [-0.2, -0.15) is 0 Å². The Bertz CT molecular complexity index is 1120. The lowest BCUT2D eigenvalue weighted by molar-refractivity contribution is -0.441. The van der Waals surface area contributed by atoms with Crippen LogP contribution in [0.3, 0.4) is 0 Å². The molecular weight excluding hydrogens is 562 g/mol. The summed E-state index contributed by atoms with van der Waals surface area (Å²) < 4.78 is 10.7. The highest BCUT2D eigenvalue weighted by atomic mass is 16.6. The van der Waals surface area contributed by atoms with Crippen molar-refractivity contribution in [1.82, 2.24) is 0 Å². The number of nitrogens with zero attached hydrogens (tertiary/aromatic N) is 3. The van der Waals surface area contributed by atoms with E-state index in [1.54, 1.807) is 24.3 Å². The number of nitro benzene ring substituents is 3. The average molecular weight is 604 g/mol. The summed E-state index contributed by atoms with van der Waals surface area (Å²) in [5.74, 6) is -0.888. The molecule has 2 aromatic carbocycles. The molecule has 236 valence electrons. The molecule has 43 heavy (non-hydrogen) atoms. The van der Waals surface area contributed by atoms with Crippen molar-refractivity contribution in [2.45, 2.75) is 90.9 Å². The smallest absolute Gasteiger partial charge is 0.422 e. The number of rotatable bonds is 19. The van der Waals surface area contributed by atoms with Crippen molar-refractivity contribution in [3.05, 3.63) is 83.9 Å². The van der Waals surface area contributed by atoms with Gasteiger partial charge in [-0.15, -0.1) is 0 Å². The molecule has 0 unspecified atom stereocenters. The van der Waals surface area contributed by atoms with Gasteiger partial charge in [0, 0.05) is 12.1 Å². The summed E-state index contributed by atoms with van der Waals surface area (Å²) in [6.45, 7) is 5.17. The van der Waals surface area contributed by atoms with Gasteiger partial charge in [0.15, 0.2) is 0 Å². The molecule has 0 aliphatic carbocycles. The molecule has 0 saturated carbocycles. The zero-order chi connectivity index (χ0) is 32.0. The molecule has 0 radical (unpaired) electrons. The van der Waals surface area contributed by atoms with E-state index in [0.29, 0.717) is 24.3 Å². The highest BCUT2D eigenvalue weighted by molar-refractivity contribution is 6.03. The standard InChI is InChI=1S/C24H38O4.C6H3N3O6/c1-3-5-7-9-11-15-19-27-23(25)21-17-13-14-18-22(21)24(26)28-20-16-12-10-8-6-4-2;10-7(11)4-2-1-3-5(8(12)13)6(4)9(14)15/h13-14,17-18H,3-12,15-16,19-20H2,1-2H3;1-3H. The van der Waals surface area contributed by atoms with E-state index in [4.69, 9.17) is 9.47 Å². The molecule has 13 heteroatoms. The molecule has 0 amide bonds. The number of unbranched alkanes of at least 4 members (excludes halogenated alkanes) is 10. The Kier molecular flexibility index (Phi) is 18.1. The van der Waals surface area contributed by atoms with Gasteiger partial charge in [-0.3, -0.25) is 30.3 Å². The summed E-state index contributed by atoms with van der Waals surface area (Å²) in [5, 5.41) is 31.2. The third-order valence-electron chi connectivity index (χ3n) is 6.40. The van der Waals surface area contributed by atoms with Crippen LogP contribution in [0.25, 0.3) is 0 Å². The van der Waals surface area contributed by atoms with E-state index in [0.717, 1.165) is 43.9 Å². The second-order valence-corrected chi connectivity index (χ2v) is 9.77. The minimum Gasteiger partial charge on any atom is -0.462 e. The topological polar surface area (TPSA) is 182 Å². The molecule has 0 atom stereocenters. The first-order valence-electron chi connectivity index (χ1n) is 14.6. The van der Waals surface area contributed by atoms with E-state index in [1.165, 1.54) is 51.4 Å². The number of hydrogen-bond donors (Lipinski definition) is 0. The Hall–Kier alpha value is -4.42. The Morgan fingerprint density at radius 1 is 0.558 bits per heavy atom. The second kappa shape index (κ2) is 21.3. The summed E-state index contributed by atoms with van der Waals surface area (Å²) in [4.78, 5) is 52.7. The number of carbonyl (C=O) groups excluding carboxylic acids is 2. The fraction of sp³-hybridized carbons (Fsp3) is 0.533. The zero-order valence-corrected chi connectivity index (χ0v) is 24.9. The van der Waals surface area contributed by atoms with Gasteiger partial charge in [0.05, 0.1) is 39.1 Å². The third-order valence-corrected chi connectivity index (χ3v) is 6.40. The predicted molar refractivity (Wildman–Crippen MR) is 160 cm³/mol. The maximum atomic E-state index is 12.4. The van der Waals surface area contributed by atoms with Gasteiger partial charge < -0.3 is 9.47 Å². The number of ether oxygens (including phenoxy) is 2. The molecule has 0 bridgehead atoms. The normalized spacial score (nSPS) is 10.3. The van der Waals surface area contributed by atoms with Crippen LogP contribution in [0.5, 0.6) is 0 Å². The quantitative estimate of drug-likeness (QED) is 0.0657. The lowest BCUT2D eigenvalue weighted by Gasteiger charge is -2.10. The van der Waals surface area contributed by atoms with Gasteiger partial charge in [-0.25, -0.2) is 9.59 Å². The molecule has 0 aliphatic heterocycles. The lowest BCUT2D eigenvalue weighted by Crippen LogP contribution is -2.15. The summed E-state index contributed by atoms with van der Waals surface area (Å²) in [6.07, 6.45) is 13.6. The molecule has 0 spiro atoms. The van der Waals surface area contributed by atoms with Crippen LogP contribution in [0.15, 0.2) is 42.5 Å². The molecule has 0 N–H and O–H groups in total. The lowest BCUT2D eigenvalue weighted by atomic mass is 10.1. The highest BCUT2D eigenvalue weighted by Gasteiger charge is 2.34. The van der Waals surface area contributed by atoms with Crippen LogP contribution < -0.4 is 0 Å². The van der Waals surface area contributed by atoms with E-state index < -0.39 is 43.8 Å². The molecule has 2 aromatic rings. The minimum absolute atomic E-state index is 0.293. The Balaban J connectivity index is 0.000000517. The van der Waals surface area contributed by atoms with Gasteiger partial charge in [-0.1, -0.05) is 90.2 Å². The van der Waals surface area contributed by atoms with E-state index in [2.05, 4.69) is 13.8 Å². The fourth-order valence-electron chi connectivity index (χ4n) is 4.09. The van der Waals surface area contributed by atoms with Crippen molar-refractivity contribution in [3.63, 3.8) is 0 Å². The van der Waals surface area contributed by atoms with E-state index in [1.807, 2.05) is 0 Å². The molecule has 13 nitrogen and oxygen atoms in total. The molecule has 0 heterocycles. The van der Waals surface area contributed by atoms with Crippen molar-refractivity contribution >= 4 is 29.0 Å².